The molecule has 0 unspecified atom stereocenters. The highest BCUT2D eigenvalue weighted by Gasteiger charge is 2.31. The Hall–Kier alpha value is -3.66. The number of halogens is 2. The second-order valence-corrected chi connectivity index (χ2v) is 10.1. The molecule has 1 saturated carbocycles. The van der Waals surface area contributed by atoms with E-state index < -0.39 is 11.6 Å². The highest BCUT2D eigenvalue weighted by atomic mass is 19.1. The van der Waals surface area contributed by atoms with E-state index >= 15 is 0 Å². The average Bonchev–Trinajstić information content (AvgIpc) is 3.73. The number of aryl methyl sites for hydroxylation is 1. The molecule has 1 aliphatic heterocycles. The Morgan fingerprint density at radius 2 is 1.59 bits per heavy atom. The number of nitrogens with zero attached hydrogens (tertiary/aromatic N) is 7. The van der Waals surface area contributed by atoms with Crippen LogP contribution in [0.2, 0.25) is 0 Å². The number of benzene rings is 1. The van der Waals surface area contributed by atoms with E-state index in [0.717, 1.165) is 44.1 Å². The van der Waals surface area contributed by atoms with Crippen LogP contribution in [0.1, 0.15) is 52.4 Å². The lowest BCUT2D eigenvalue weighted by atomic mass is 10.0. The van der Waals surface area contributed by atoms with E-state index in [9.17, 15) is 8.78 Å². The third-order valence-electron chi connectivity index (χ3n) is 7.23. The predicted octanol–water partition coefficient (Wildman–Crippen LogP) is 6.11. The molecule has 1 N–H and O–H groups in total. The molecule has 6 rings (SSSR count). The van der Waals surface area contributed by atoms with E-state index in [4.69, 9.17) is 0 Å². The minimum Gasteiger partial charge on any atom is -0.366 e. The molecule has 0 bridgehead atoms. The summed E-state index contributed by atoms with van der Waals surface area (Å²) in [6.45, 7) is 13.9. The second kappa shape index (κ2) is 11.2. The number of nitrogens with one attached hydrogen (secondary N) is 1. The number of fused-ring (bicyclic) bond motifs is 1. The van der Waals surface area contributed by atoms with E-state index in [2.05, 4.69) is 35.1 Å². The van der Waals surface area contributed by atoms with Crippen molar-refractivity contribution in [3.63, 3.8) is 0 Å². The van der Waals surface area contributed by atoms with Gasteiger partial charge in [0, 0.05) is 43.8 Å². The molecule has 206 valence electrons. The van der Waals surface area contributed by atoms with Gasteiger partial charge < -0.3 is 14.8 Å². The number of aromatic nitrogens is 5. The van der Waals surface area contributed by atoms with Gasteiger partial charge in [0.2, 0.25) is 5.95 Å². The van der Waals surface area contributed by atoms with Gasteiger partial charge in [-0.05, 0) is 57.4 Å². The smallest absolute Gasteiger partial charge is 0.228 e. The second-order valence-electron chi connectivity index (χ2n) is 10.1. The molecule has 4 aromatic rings. The molecule has 4 heterocycles. The maximum atomic E-state index is 15.0. The maximum Gasteiger partial charge on any atom is 0.228 e. The van der Waals surface area contributed by atoms with E-state index in [1.54, 1.807) is 24.5 Å². The van der Waals surface area contributed by atoms with Crippen LogP contribution in [0.3, 0.4) is 0 Å². The SMILES string of the molecule is CC.Cc1nc2c(F)cc(-c3cc(Nc4ncc(N5CCN(C6CC6)CC5)cn4)ncc3F)cc2n1C(C)C. The summed E-state index contributed by atoms with van der Waals surface area (Å²) in [6.07, 6.45) is 7.37. The Kier molecular flexibility index (Phi) is 7.74. The highest BCUT2D eigenvalue weighted by molar-refractivity contribution is 5.84. The summed E-state index contributed by atoms with van der Waals surface area (Å²) >= 11 is 0. The fourth-order valence-corrected chi connectivity index (χ4v) is 5.25. The standard InChI is InChI=1S/C27H30F2N8.C2H6/c1-16(2)37-17(3)33-26-22(28)10-18(11-24(26)37)21-12-25(30-15-23(21)29)34-27-31-13-20(14-32-27)36-8-6-35(7-9-36)19-4-5-19;1-2/h10-16,19H,4-9H2,1-3H3,(H,30,31,32,34);1-2H3. The number of hydrogen-bond acceptors (Lipinski definition) is 7. The number of rotatable bonds is 6. The molecule has 0 amide bonds. The van der Waals surface area contributed by atoms with Gasteiger partial charge in [-0.2, -0.15) is 0 Å². The minimum atomic E-state index is -0.543. The summed E-state index contributed by atoms with van der Waals surface area (Å²) < 4.78 is 31.8. The van der Waals surface area contributed by atoms with Crippen molar-refractivity contribution >= 4 is 28.5 Å². The predicted molar refractivity (Wildman–Crippen MR) is 151 cm³/mol. The van der Waals surface area contributed by atoms with Gasteiger partial charge >= 0.3 is 0 Å². The molecule has 0 radical (unpaired) electrons. The molecule has 0 spiro atoms. The van der Waals surface area contributed by atoms with Gasteiger partial charge in [0.05, 0.1) is 29.8 Å². The van der Waals surface area contributed by atoms with Crippen LogP contribution in [0.5, 0.6) is 0 Å². The lowest BCUT2D eigenvalue weighted by Gasteiger charge is -2.35. The molecule has 1 aromatic carbocycles. The van der Waals surface area contributed by atoms with Crippen molar-refractivity contribution < 1.29 is 8.78 Å². The first-order valence-corrected chi connectivity index (χ1v) is 13.8. The summed E-state index contributed by atoms with van der Waals surface area (Å²) in [5.41, 5.74) is 2.54. The Balaban J connectivity index is 0.00000151. The van der Waals surface area contributed by atoms with E-state index in [0.29, 0.717) is 28.7 Å². The van der Waals surface area contributed by atoms with E-state index in [1.807, 2.05) is 39.2 Å². The van der Waals surface area contributed by atoms with Crippen LogP contribution >= 0.6 is 0 Å². The lowest BCUT2D eigenvalue weighted by Crippen LogP contribution is -2.47. The first kappa shape index (κ1) is 26.9. The van der Waals surface area contributed by atoms with E-state index in [-0.39, 0.29) is 17.1 Å². The molecular formula is C29H36F2N8. The Bertz CT molecular complexity index is 1440. The largest absolute Gasteiger partial charge is 0.366 e. The van der Waals surface area contributed by atoms with Gasteiger partial charge in [0.15, 0.2) is 5.82 Å². The number of imidazole rings is 1. The fourth-order valence-electron chi connectivity index (χ4n) is 5.25. The van der Waals surface area contributed by atoms with Crippen LogP contribution in [0, 0.1) is 18.6 Å². The Morgan fingerprint density at radius 3 is 2.23 bits per heavy atom. The van der Waals surface area contributed by atoms with Crippen LogP contribution in [-0.2, 0) is 0 Å². The summed E-state index contributed by atoms with van der Waals surface area (Å²) in [7, 11) is 0. The number of anilines is 3. The van der Waals surface area contributed by atoms with Crippen molar-refractivity contribution in [2.45, 2.75) is 59.5 Å². The zero-order chi connectivity index (χ0) is 27.7. The van der Waals surface area contributed by atoms with Crippen molar-refractivity contribution in [2.24, 2.45) is 0 Å². The van der Waals surface area contributed by atoms with Crippen LogP contribution in [0.25, 0.3) is 22.2 Å². The monoisotopic (exact) mass is 534 g/mol. The quantitative estimate of drug-likeness (QED) is 0.320. The zero-order valence-electron chi connectivity index (χ0n) is 23.2. The Labute approximate surface area is 228 Å². The molecule has 2 fully saturated rings. The van der Waals surface area contributed by atoms with E-state index in [1.165, 1.54) is 18.9 Å². The number of pyridine rings is 1. The summed E-state index contributed by atoms with van der Waals surface area (Å²) in [5.74, 6) is 0.414. The first-order valence-electron chi connectivity index (χ1n) is 13.8. The van der Waals surface area contributed by atoms with Gasteiger partial charge in [0.25, 0.3) is 0 Å². The molecular weight excluding hydrogens is 498 g/mol. The molecule has 1 aliphatic carbocycles. The van der Waals surface area contributed by atoms with Crippen molar-refractivity contribution in [3.8, 4) is 11.1 Å². The van der Waals surface area contributed by atoms with Gasteiger partial charge in [-0.1, -0.05) is 13.8 Å². The molecule has 1 saturated heterocycles. The highest BCUT2D eigenvalue weighted by Crippen LogP contribution is 2.32. The average molecular weight is 535 g/mol. The first-order chi connectivity index (χ1) is 18.9. The molecule has 8 nitrogen and oxygen atoms in total. The molecule has 0 atom stereocenters. The molecule has 3 aromatic heterocycles. The molecule has 39 heavy (non-hydrogen) atoms. The van der Waals surface area contributed by atoms with Crippen molar-refractivity contribution in [1.29, 1.82) is 0 Å². The molecule has 2 aliphatic rings. The van der Waals surface area contributed by atoms with Crippen LogP contribution < -0.4 is 10.2 Å². The van der Waals surface area contributed by atoms with Crippen molar-refractivity contribution in [1.82, 2.24) is 29.4 Å². The van der Waals surface area contributed by atoms with Crippen LogP contribution in [0.15, 0.2) is 36.8 Å². The van der Waals surface area contributed by atoms with Crippen molar-refractivity contribution in [2.75, 3.05) is 36.4 Å². The number of piperazine rings is 1. The number of hydrogen-bond donors (Lipinski definition) is 1. The topological polar surface area (TPSA) is 75.0 Å². The summed E-state index contributed by atoms with van der Waals surface area (Å²) in [5, 5.41) is 3.05. The minimum absolute atomic E-state index is 0.0846. The van der Waals surface area contributed by atoms with Gasteiger partial charge in [0.1, 0.15) is 23.0 Å². The van der Waals surface area contributed by atoms with Gasteiger partial charge in [-0.25, -0.2) is 28.7 Å². The summed E-state index contributed by atoms with van der Waals surface area (Å²) in [6, 6.07) is 5.51. The third-order valence-corrected chi connectivity index (χ3v) is 7.23. The fraction of sp³-hybridized carbons (Fsp3) is 0.448. The van der Waals surface area contributed by atoms with Crippen LogP contribution in [0.4, 0.5) is 26.2 Å². The lowest BCUT2D eigenvalue weighted by molar-refractivity contribution is 0.248. The third kappa shape index (κ3) is 5.56. The molecule has 10 heteroatoms. The van der Waals surface area contributed by atoms with Gasteiger partial charge in [-0.3, -0.25) is 4.90 Å². The maximum absolute atomic E-state index is 15.0. The summed E-state index contributed by atoms with van der Waals surface area (Å²) in [4.78, 5) is 22.3. The van der Waals surface area contributed by atoms with Gasteiger partial charge in [-0.15, -0.1) is 0 Å². The van der Waals surface area contributed by atoms with Crippen LogP contribution in [-0.4, -0.2) is 61.6 Å². The zero-order valence-corrected chi connectivity index (χ0v) is 23.2. The van der Waals surface area contributed by atoms with Crippen molar-refractivity contribution in [3.05, 3.63) is 54.2 Å². The normalized spacial score (nSPS) is 15.9. The Morgan fingerprint density at radius 1 is 0.897 bits per heavy atom.